The Balaban J connectivity index is 1.61. The van der Waals surface area contributed by atoms with Crippen molar-refractivity contribution in [2.24, 2.45) is 0 Å². The van der Waals surface area contributed by atoms with Gasteiger partial charge in [0.25, 0.3) is 5.56 Å². The van der Waals surface area contributed by atoms with Crippen LogP contribution in [0.4, 0.5) is 0 Å². The van der Waals surface area contributed by atoms with E-state index in [0.717, 1.165) is 61.1 Å². The van der Waals surface area contributed by atoms with Crippen LogP contribution in [0.3, 0.4) is 0 Å². The van der Waals surface area contributed by atoms with Gasteiger partial charge < -0.3 is 10.1 Å². The van der Waals surface area contributed by atoms with E-state index in [9.17, 15) is 9.90 Å². The maximum absolute atomic E-state index is 12.5. The highest BCUT2D eigenvalue weighted by molar-refractivity contribution is 7.18. The van der Waals surface area contributed by atoms with E-state index >= 15 is 0 Å². The summed E-state index contributed by atoms with van der Waals surface area (Å²) in [6, 6.07) is 0.393. The van der Waals surface area contributed by atoms with Crippen molar-refractivity contribution in [1.29, 1.82) is 0 Å². The van der Waals surface area contributed by atoms with Gasteiger partial charge in [-0.3, -0.25) is 9.69 Å². The van der Waals surface area contributed by atoms with E-state index < -0.39 is 0 Å². The molecule has 1 saturated heterocycles. The second kappa shape index (κ2) is 6.00. The fraction of sp³-hybridized carbons (Fsp3) is 0.647. The largest absolute Gasteiger partial charge is 0.393 e. The molecule has 23 heavy (non-hydrogen) atoms. The molecule has 2 unspecified atom stereocenters. The molecule has 4 rings (SSSR count). The summed E-state index contributed by atoms with van der Waals surface area (Å²) >= 11 is 1.69. The van der Waals surface area contributed by atoms with Crippen molar-refractivity contribution >= 4 is 21.6 Å². The van der Waals surface area contributed by atoms with Crippen LogP contribution in [-0.2, 0) is 19.4 Å². The zero-order valence-corrected chi connectivity index (χ0v) is 14.3. The summed E-state index contributed by atoms with van der Waals surface area (Å²) < 4.78 is 0. The number of fused-ring (bicyclic) bond motifs is 3. The smallest absolute Gasteiger partial charge is 0.259 e. The van der Waals surface area contributed by atoms with Crippen molar-refractivity contribution < 1.29 is 5.11 Å². The summed E-state index contributed by atoms with van der Waals surface area (Å²) in [6.45, 7) is 3.53. The maximum Gasteiger partial charge on any atom is 0.259 e. The van der Waals surface area contributed by atoms with Gasteiger partial charge in [0.1, 0.15) is 10.7 Å². The molecule has 2 aliphatic rings. The van der Waals surface area contributed by atoms with Crippen LogP contribution in [-0.4, -0.2) is 38.7 Å². The monoisotopic (exact) mass is 333 g/mol. The number of hydrogen-bond acceptors (Lipinski definition) is 5. The molecule has 5 nitrogen and oxygen atoms in total. The molecule has 2 aromatic rings. The van der Waals surface area contributed by atoms with Crippen LogP contribution >= 0.6 is 11.3 Å². The number of hydrogen-bond donors (Lipinski definition) is 2. The number of nitrogens with zero attached hydrogens (tertiary/aromatic N) is 2. The first kappa shape index (κ1) is 15.3. The second-order valence-electron chi connectivity index (χ2n) is 6.90. The first-order valence-corrected chi connectivity index (χ1v) is 9.39. The number of aromatic nitrogens is 2. The molecular weight excluding hydrogens is 310 g/mol. The zero-order chi connectivity index (χ0) is 16.0. The normalized spacial score (nSPS) is 22.8. The molecule has 0 spiro atoms. The van der Waals surface area contributed by atoms with Crippen LogP contribution in [0, 0.1) is 0 Å². The Hall–Kier alpha value is -1.24. The minimum absolute atomic E-state index is 0.0238. The predicted octanol–water partition coefficient (Wildman–Crippen LogP) is 2.21. The van der Waals surface area contributed by atoms with Crippen LogP contribution in [0.25, 0.3) is 10.2 Å². The number of H-pyrrole nitrogens is 1. The van der Waals surface area contributed by atoms with Crippen LogP contribution in [0.15, 0.2) is 4.79 Å². The zero-order valence-electron chi connectivity index (χ0n) is 13.5. The molecule has 0 amide bonds. The minimum Gasteiger partial charge on any atom is -0.393 e. The van der Waals surface area contributed by atoms with E-state index in [1.165, 1.54) is 10.4 Å². The van der Waals surface area contributed by atoms with E-state index in [-0.39, 0.29) is 11.7 Å². The van der Waals surface area contributed by atoms with E-state index in [1.54, 1.807) is 11.3 Å². The molecule has 3 heterocycles. The van der Waals surface area contributed by atoms with Gasteiger partial charge in [0, 0.05) is 10.9 Å². The van der Waals surface area contributed by atoms with Gasteiger partial charge in [-0.15, -0.1) is 11.3 Å². The topological polar surface area (TPSA) is 69.2 Å². The van der Waals surface area contributed by atoms with E-state index in [1.807, 2.05) is 6.92 Å². The fourth-order valence-corrected chi connectivity index (χ4v) is 5.36. The molecule has 0 saturated carbocycles. The van der Waals surface area contributed by atoms with Gasteiger partial charge in [0.05, 0.1) is 18.0 Å². The molecule has 1 aliphatic carbocycles. The first-order chi connectivity index (χ1) is 11.1. The predicted molar refractivity (Wildman–Crippen MR) is 92.0 cm³/mol. The van der Waals surface area contributed by atoms with Crippen LogP contribution in [0.5, 0.6) is 0 Å². The molecule has 2 aromatic heterocycles. The molecule has 6 heteroatoms. The molecule has 0 radical (unpaired) electrons. The number of likely N-dealkylation sites (tertiary alicyclic amines) is 1. The van der Waals surface area contributed by atoms with Gasteiger partial charge >= 0.3 is 0 Å². The number of thiophene rings is 1. The number of aryl methyl sites for hydroxylation is 2. The number of aliphatic hydroxyl groups excluding tert-OH is 1. The molecular formula is C17H23N3O2S. The summed E-state index contributed by atoms with van der Waals surface area (Å²) in [5, 5.41) is 10.5. The van der Waals surface area contributed by atoms with Crippen molar-refractivity contribution in [3.05, 3.63) is 26.6 Å². The quantitative estimate of drug-likeness (QED) is 0.900. The van der Waals surface area contributed by atoms with E-state index in [2.05, 4.69) is 9.88 Å². The fourth-order valence-electron chi connectivity index (χ4n) is 4.08. The number of aliphatic hydroxyl groups is 1. The summed E-state index contributed by atoms with van der Waals surface area (Å²) in [5.41, 5.74) is 1.26. The lowest BCUT2D eigenvalue weighted by atomic mass is 10.1. The molecule has 0 bridgehead atoms. The Morgan fingerprint density at radius 2 is 2.30 bits per heavy atom. The van der Waals surface area contributed by atoms with Gasteiger partial charge in [-0.1, -0.05) is 0 Å². The number of aromatic amines is 1. The average molecular weight is 333 g/mol. The lowest BCUT2D eigenvalue weighted by Crippen LogP contribution is -2.32. The lowest BCUT2D eigenvalue weighted by molar-refractivity contribution is 0.129. The Kier molecular flexibility index (Phi) is 3.99. The lowest BCUT2D eigenvalue weighted by Gasteiger charge is -2.24. The highest BCUT2D eigenvalue weighted by Crippen LogP contribution is 2.34. The minimum atomic E-state index is -0.282. The van der Waals surface area contributed by atoms with Crippen LogP contribution in [0.1, 0.15) is 48.9 Å². The Morgan fingerprint density at radius 1 is 1.43 bits per heavy atom. The van der Waals surface area contributed by atoms with Crippen molar-refractivity contribution in [2.45, 2.75) is 64.1 Å². The summed E-state index contributed by atoms with van der Waals surface area (Å²) in [7, 11) is 0. The third-order valence-electron chi connectivity index (χ3n) is 5.09. The van der Waals surface area contributed by atoms with Crippen LogP contribution < -0.4 is 5.56 Å². The summed E-state index contributed by atoms with van der Waals surface area (Å²) in [4.78, 5) is 24.8. The molecule has 124 valence electrons. The second-order valence-corrected chi connectivity index (χ2v) is 7.98. The van der Waals surface area contributed by atoms with Gasteiger partial charge in [-0.05, 0) is 57.6 Å². The van der Waals surface area contributed by atoms with Gasteiger partial charge in [0.2, 0.25) is 0 Å². The molecule has 1 aliphatic heterocycles. The summed E-state index contributed by atoms with van der Waals surface area (Å²) in [6.07, 6.45) is 6.04. The van der Waals surface area contributed by atoms with E-state index in [4.69, 9.17) is 4.98 Å². The Bertz CT molecular complexity index is 780. The van der Waals surface area contributed by atoms with Crippen molar-refractivity contribution in [3.63, 3.8) is 0 Å². The van der Waals surface area contributed by atoms with Crippen molar-refractivity contribution in [3.8, 4) is 0 Å². The van der Waals surface area contributed by atoms with Gasteiger partial charge in [0.15, 0.2) is 0 Å². The van der Waals surface area contributed by atoms with Gasteiger partial charge in [-0.25, -0.2) is 4.98 Å². The average Bonchev–Trinajstić information content (AvgIpc) is 3.14. The maximum atomic E-state index is 12.5. The highest BCUT2D eigenvalue weighted by atomic mass is 32.1. The molecule has 0 aromatic carbocycles. The third-order valence-corrected chi connectivity index (χ3v) is 6.27. The number of nitrogens with one attached hydrogen (secondary N) is 1. The molecule has 2 N–H and O–H groups in total. The Morgan fingerprint density at radius 3 is 3.13 bits per heavy atom. The van der Waals surface area contributed by atoms with Crippen molar-refractivity contribution in [1.82, 2.24) is 14.9 Å². The summed E-state index contributed by atoms with van der Waals surface area (Å²) in [5.74, 6) is 0.764. The van der Waals surface area contributed by atoms with E-state index in [0.29, 0.717) is 12.6 Å². The highest BCUT2D eigenvalue weighted by Gasteiger charge is 2.27. The van der Waals surface area contributed by atoms with Gasteiger partial charge in [-0.2, -0.15) is 0 Å². The molecule has 2 atom stereocenters. The van der Waals surface area contributed by atoms with Crippen molar-refractivity contribution in [2.75, 3.05) is 6.54 Å². The first-order valence-electron chi connectivity index (χ1n) is 8.57. The standard InChI is InChI=1S/C17H23N3O2S/c1-10(21)8-11-4-3-7-20(11)9-14-18-16(22)15-12-5-2-6-13(12)23-17(15)19-14/h10-11,21H,2-9H2,1H3,(H,18,19,22). The SMILES string of the molecule is CC(O)CC1CCCN1Cc1nc2sc3c(c2c(=O)[nH]1)CCC3. The molecule has 1 fully saturated rings. The van der Waals surface area contributed by atoms with Crippen LogP contribution in [0.2, 0.25) is 0 Å². The Labute approximate surface area is 139 Å². The third kappa shape index (κ3) is 2.84. The number of rotatable bonds is 4.